The fourth-order valence-corrected chi connectivity index (χ4v) is 3.73. The van der Waals surface area contributed by atoms with Crippen molar-refractivity contribution in [3.05, 3.63) is 63.4 Å². The van der Waals surface area contributed by atoms with Crippen LogP contribution in [0.2, 0.25) is 5.02 Å². The van der Waals surface area contributed by atoms with Crippen LogP contribution in [-0.2, 0) is 4.79 Å². The van der Waals surface area contributed by atoms with Crippen LogP contribution >= 0.6 is 23.4 Å². The molecule has 1 amide bonds. The van der Waals surface area contributed by atoms with Gasteiger partial charge in [-0.25, -0.2) is 13.8 Å². The number of aromatic nitrogens is 2. The van der Waals surface area contributed by atoms with E-state index >= 15 is 0 Å². The van der Waals surface area contributed by atoms with E-state index in [0.29, 0.717) is 16.6 Å². The van der Waals surface area contributed by atoms with E-state index in [0.717, 1.165) is 35.2 Å². The third-order valence-electron chi connectivity index (χ3n) is 4.22. The number of rotatable bonds is 5. The third-order valence-corrected chi connectivity index (χ3v) is 5.40. The van der Waals surface area contributed by atoms with E-state index in [1.54, 1.807) is 12.1 Å². The highest BCUT2D eigenvalue weighted by atomic mass is 35.5. The van der Waals surface area contributed by atoms with Crippen LogP contribution in [0.25, 0.3) is 16.6 Å². The highest BCUT2D eigenvalue weighted by Crippen LogP contribution is 2.25. The quantitative estimate of drug-likeness (QED) is 0.504. The molecule has 28 heavy (non-hydrogen) atoms. The summed E-state index contributed by atoms with van der Waals surface area (Å²) < 4.78 is 28.8. The average Bonchev–Trinajstić information content (AvgIpc) is 3.46. The second kappa shape index (κ2) is 7.52. The van der Waals surface area contributed by atoms with Crippen molar-refractivity contribution in [2.75, 3.05) is 5.75 Å². The molecular formula is C19H14ClF2N3O2S. The molecule has 1 aromatic heterocycles. The number of hydrogen-bond acceptors (Lipinski definition) is 4. The summed E-state index contributed by atoms with van der Waals surface area (Å²) in [5.74, 6) is -1.84. The second-order valence-corrected chi connectivity index (χ2v) is 7.80. The summed E-state index contributed by atoms with van der Waals surface area (Å²) >= 11 is 6.99. The van der Waals surface area contributed by atoms with Crippen LogP contribution in [0.5, 0.6) is 0 Å². The number of hydrogen-bond donors (Lipinski definition) is 1. The number of carbonyl (C=O) groups excluding carboxylic acids is 1. The van der Waals surface area contributed by atoms with Gasteiger partial charge in [0.2, 0.25) is 5.91 Å². The van der Waals surface area contributed by atoms with Crippen molar-refractivity contribution >= 4 is 40.2 Å². The van der Waals surface area contributed by atoms with Crippen LogP contribution in [0.15, 0.2) is 46.3 Å². The molecule has 1 aliphatic rings. The van der Waals surface area contributed by atoms with Crippen molar-refractivity contribution < 1.29 is 13.6 Å². The lowest BCUT2D eigenvalue weighted by molar-refractivity contribution is -0.118. The molecule has 0 radical (unpaired) electrons. The Morgan fingerprint density at radius 2 is 2.04 bits per heavy atom. The number of nitrogens with one attached hydrogen (secondary N) is 1. The van der Waals surface area contributed by atoms with Gasteiger partial charge in [-0.15, -0.1) is 0 Å². The Morgan fingerprint density at radius 1 is 1.25 bits per heavy atom. The molecule has 0 aliphatic heterocycles. The summed E-state index contributed by atoms with van der Waals surface area (Å²) in [7, 11) is 0. The fraction of sp³-hybridized carbons (Fsp3) is 0.211. The van der Waals surface area contributed by atoms with Crippen molar-refractivity contribution in [1.82, 2.24) is 14.9 Å². The Kier molecular flexibility index (Phi) is 5.07. The third kappa shape index (κ3) is 3.88. The van der Waals surface area contributed by atoms with Gasteiger partial charge in [-0.1, -0.05) is 23.4 Å². The maximum Gasteiger partial charge on any atom is 0.266 e. The molecule has 1 fully saturated rings. The van der Waals surface area contributed by atoms with Crippen molar-refractivity contribution in [2.45, 2.75) is 24.0 Å². The Labute approximate surface area is 167 Å². The summed E-state index contributed by atoms with van der Waals surface area (Å²) in [5.41, 5.74) is -0.327. The molecule has 1 saturated carbocycles. The summed E-state index contributed by atoms with van der Waals surface area (Å²) in [6, 6.07) is 7.74. The number of benzene rings is 2. The van der Waals surface area contributed by atoms with Crippen LogP contribution in [0.1, 0.15) is 12.8 Å². The molecule has 3 aromatic rings. The minimum atomic E-state index is -0.908. The average molecular weight is 422 g/mol. The lowest BCUT2D eigenvalue weighted by Crippen LogP contribution is -2.28. The first-order valence-corrected chi connectivity index (χ1v) is 9.88. The van der Waals surface area contributed by atoms with Crippen LogP contribution in [-0.4, -0.2) is 27.3 Å². The maximum atomic E-state index is 14.4. The van der Waals surface area contributed by atoms with E-state index in [1.165, 1.54) is 12.1 Å². The maximum absolute atomic E-state index is 14.4. The predicted molar refractivity (Wildman–Crippen MR) is 104 cm³/mol. The topological polar surface area (TPSA) is 64.0 Å². The Bertz CT molecular complexity index is 1150. The standard InChI is InChI=1S/C19H14ClF2N3O2S/c20-10-1-5-15-13(7-10)18(27)25(16-6-2-11(21)8-14(16)22)19(24-15)28-9-17(26)23-12-3-4-12/h1-2,5-8,12H,3-4,9H2,(H,23,26). The minimum Gasteiger partial charge on any atom is -0.353 e. The van der Waals surface area contributed by atoms with E-state index < -0.39 is 17.2 Å². The summed E-state index contributed by atoms with van der Waals surface area (Å²) in [5, 5.41) is 3.51. The highest BCUT2D eigenvalue weighted by Gasteiger charge is 2.24. The lowest BCUT2D eigenvalue weighted by Gasteiger charge is -2.14. The van der Waals surface area contributed by atoms with Crippen molar-refractivity contribution in [1.29, 1.82) is 0 Å². The molecular weight excluding hydrogens is 408 g/mol. The first kappa shape index (κ1) is 18.9. The van der Waals surface area contributed by atoms with Crippen LogP contribution < -0.4 is 10.9 Å². The van der Waals surface area contributed by atoms with Crippen LogP contribution in [0.3, 0.4) is 0 Å². The zero-order chi connectivity index (χ0) is 19.8. The zero-order valence-electron chi connectivity index (χ0n) is 14.4. The van der Waals surface area contributed by atoms with Gasteiger partial charge in [0, 0.05) is 17.1 Å². The molecule has 0 atom stereocenters. The van der Waals surface area contributed by atoms with Gasteiger partial charge in [-0.05, 0) is 43.2 Å². The van der Waals surface area contributed by atoms with Gasteiger partial charge in [0.15, 0.2) is 5.16 Å². The van der Waals surface area contributed by atoms with Crippen molar-refractivity contribution in [2.24, 2.45) is 0 Å². The first-order valence-electron chi connectivity index (χ1n) is 8.52. The van der Waals surface area contributed by atoms with Crippen molar-refractivity contribution in [3.8, 4) is 5.69 Å². The molecule has 0 spiro atoms. The summed E-state index contributed by atoms with van der Waals surface area (Å²) in [6.07, 6.45) is 1.91. The monoisotopic (exact) mass is 421 g/mol. The SMILES string of the molecule is O=C(CSc1nc2ccc(Cl)cc2c(=O)n1-c1ccc(F)cc1F)NC1CC1. The zero-order valence-corrected chi connectivity index (χ0v) is 16.0. The molecule has 4 rings (SSSR count). The first-order chi connectivity index (χ1) is 13.4. The molecule has 0 saturated heterocycles. The van der Waals surface area contributed by atoms with Gasteiger partial charge in [0.25, 0.3) is 5.56 Å². The predicted octanol–water partition coefficient (Wildman–Crippen LogP) is 3.69. The van der Waals surface area contributed by atoms with E-state index in [2.05, 4.69) is 10.3 Å². The van der Waals surface area contributed by atoms with Gasteiger partial charge >= 0.3 is 0 Å². The highest BCUT2D eigenvalue weighted by molar-refractivity contribution is 7.99. The van der Waals surface area contributed by atoms with Gasteiger partial charge in [0.1, 0.15) is 11.6 Å². The number of halogens is 3. The second-order valence-electron chi connectivity index (χ2n) is 6.42. The fourth-order valence-electron chi connectivity index (χ4n) is 2.74. The van der Waals surface area contributed by atoms with E-state index in [-0.39, 0.29) is 33.9 Å². The summed E-state index contributed by atoms with van der Waals surface area (Å²) in [6.45, 7) is 0. The number of thioether (sulfide) groups is 1. The summed E-state index contributed by atoms with van der Waals surface area (Å²) in [4.78, 5) is 29.5. The Hall–Kier alpha value is -2.45. The molecule has 9 heteroatoms. The largest absolute Gasteiger partial charge is 0.353 e. The molecule has 5 nitrogen and oxygen atoms in total. The molecule has 1 N–H and O–H groups in total. The molecule has 144 valence electrons. The van der Waals surface area contributed by atoms with Crippen LogP contribution in [0.4, 0.5) is 8.78 Å². The number of nitrogens with zero attached hydrogens (tertiary/aromatic N) is 2. The van der Waals surface area contributed by atoms with E-state index in [1.807, 2.05) is 0 Å². The number of amides is 1. The molecule has 2 aromatic carbocycles. The van der Waals surface area contributed by atoms with E-state index in [9.17, 15) is 18.4 Å². The van der Waals surface area contributed by atoms with Gasteiger partial charge in [-0.2, -0.15) is 0 Å². The normalized spacial score (nSPS) is 13.7. The number of fused-ring (bicyclic) bond motifs is 1. The van der Waals surface area contributed by atoms with Crippen LogP contribution in [0, 0.1) is 11.6 Å². The molecule has 1 heterocycles. The van der Waals surface area contributed by atoms with Gasteiger partial charge in [0.05, 0.1) is 22.3 Å². The molecule has 1 aliphatic carbocycles. The lowest BCUT2D eigenvalue weighted by atomic mass is 10.2. The van der Waals surface area contributed by atoms with Gasteiger partial charge in [-0.3, -0.25) is 14.2 Å². The number of carbonyl (C=O) groups is 1. The minimum absolute atomic E-state index is 0.0187. The van der Waals surface area contributed by atoms with Gasteiger partial charge < -0.3 is 5.32 Å². The van der Waals surface area contributed by atoms with Crippen molar-refractivity contribution in [3.63, 3.8) is 0 Å². The smallest absolute Gasteiger partial charge is 0.266 e. The molecule has 0 unspecified atom stereocenters. The Balaban J connectivity index is 1.82. The van der Waals surface area contributed by atoms with E-state index in [4.69, 9.17) is 11.6 Å². The molecule has 0 bridgehead atoms. The Morgan fingerprint density at radius 3 is 2.75 bits per heavy atom.